The molecule has 6 heteroatoms. The van der Waals surface area contributed by atoms with Gasteiger partial charge in [-0.3, -0.25) is 4.55 Å². The van der Waals surface area contributed by atoms with Gasteiger partial charge in [-0.05, 0) is 13.8 Å². The molecule has 0 spiro atoms. The molecule has 0 heterocycles. The van der Waals surface area contributed by atoms with Crippen LogP contribution in [0, 0.1) is 0 Å². The van der Waals surface area contributed by atoms with E-state index in [1.54, 1.807) is 13.0 Å². The van der Waals surface area contributed by atoms with E-state index in [2.05, 4.69) is 0 Å². The molecular weight excluding hydrogens is 213 g/mol. The Balaban J connectivity index is 0. The maximum absolute atomic E-state index is 11.0. The van der Waals surface area contributed by atoms with Crippen LogP contribution in [0.4, 0.5) is 0 Å². The Bertz CT molecular complexity index is 379. The van der Waals surface area contributed by atoms with E-state index in [4.69, 9.17) is 10.3 Å². The summed E-state index contributed by atoms with van der Waals surface area (Å²) in [4.78, 5) is 0. The zero-order valence-electron chi connectivity index (χ0n) is 9.56. The van der Waals surface area contributed by atoms with Crippen molar-refractivity contribution >= 4 is 10.1 Å². The molecule has 4 nitrogen and oxygen atoms in total. The zero-order valence-corrected chi connectivity index (χ0v) is 11.4. The van der Waals surface area contributed by atoms with Gasteiger partial charge in [-0.2, -0.15) is 8.42 Å². The fraction of sp³-hybridized carbons (Fsp3) is 0.500. The van der Waals surface area contributed by atoms with Gasteiger partial charge in [0.15, 0.2) is 0 Å². The quantitative estimate of drug-likeness (QED) is 0.297. The fourth-order valence-electron chi connectivity index (χ4n) is 1.20. The van der Waals surface area contributed by atoms with Crippen LogP contribution in [0.2, 0.25) is 0 Å². The molecule has 3 N–H and O–H groups in total. The van der Waals surface area contributed by atoms with Crippen LogP contribution in [0.25, 0.3) is 0 Å². The Morgan fingerprint density at radius 1 is 1.64 bits per heavy atom. The average Bonchev–Trinajstić information content (AvgIpc) is 1.95. The van der Waals surface area contributed by atoms with E-state index in [0.717, 1.165) is 5.57 Å². The van der Waals surface area contributed by atoms with E-state index in [9.17, 15) is 8.42 Å². The third-order valence-corrected chi connectivity index (χ3v) is 3.60. The molecular formula is C8H14NNaO3S. The number of nitrogens with two attached hydrogens (primary N) is 1. The van der Waals surface area contributed by atoms with Crippen LogP contribution in [0.5, 0.6) is 0 Å². The van der Waals surface area contributed by atoms with Crippen LogP contribution in [0.15, 0.2) is 23.8 Å². The zero-order chi connectivity index (χ0) is 10.3. The van der Waals surface area contributed by atoms with Gasteiger partial charge in [0.1, 0.15) is 4.75 Å². The third kappa shape index (κ3) is 2.68. The van der Waals surface area contributed by atoms with E-state index < -0.39 is 14.9 Å². The molecule has 1 aliphatic rings. The van der Waals surface area contributed by atoms with Gasteiger partial charge in [-0.25, -0.2) is 0 Å². The van der Waals surface area contributed by atoms with Crippen molar-refractivity contribution in [2.24, 2.45) is 5.73 Å². The van der Waals surface area contributed by atoms with Gasteiger partial charge in [-0.1, -0.05) is 23.8 Å². The molecule has 2 atom stereocenters. The molecule has 2 unspecified atom stereocenters. The molecule has 0 aromatic rings. The van der Waals surface area contributed by atoms with Gasteiger partial charge < -0.3 is 7.16 Å². The summed E-state index contributed by atoms with van der Waals surface area (Å²) in [7, 11) is -4.10. The van der Waals surface area contributed by atoms with Crippen LogP contribution >= 0.6 is 0 Å². The SMILES string of the molecule is CC1=CC(C)(S(=O)(=O)O)C=CC1N.[H-].[Na+]. The molecule has 0 aliphatic heterocycles. The molecule has 0 saturated heterocycles. The predicted molar refractivity (Wildman–Crippen MR) is 51.9 cm³/mol. The van der Waals surface area contributed by atoms with Crippen molar-refractivity contribution in [1.82, 2.24) is 0 Å². The first-order valence-corrected chi connectivity index (χ1v) is 5.31. The maximum Gasteiger partial charge on any atom is 1.00 e. The van der Waals surface area contributed by atoms with Crippen molar-refractivity contribution in [3.8, 4) is 0 Å². The largest absolute Gasteiger partial charge is 1.00 e. The second-order valence-corrected chi connectivity index (χ2v) is 5.26. The molecule has 1 rings (SSSR count). The normalized spacial score (nSPS) is 32.0. The molecule has 0 saturated carbocycles. The molecule has 0 aromatic carbocycles. The van der Waals surface area contributed by atoms with Gasteiger partial charge in [-0.15, -0.1) is 0 Å². The van der Waals surface area contributed by atoms with Gasteiger partial charge in [0.25, 0.3) is 10.1 Å². The molecule has 0 bridgehead atoms. The van der Waals surface area contributed by atoms with Crippen molar-refractivity contribution in [2.45, 2.75) is 24.6 Å². The molecule has 1 aliphatic carbocycles. The fourth-order valence-corrected chi connectivity index (χ4v) is 1.79. The summed E-state index contributed by atoms with van der Waals surface area (Å²) in [6.07, 6.45) is 4.44. The minimum absolute atomic E-state index is 0. The first-order valence-electron chi connectivity index (χ1n) is 3.87. The first-order chi connectivity index (χ1) is 5.76. The summed E-state index contributed by atoms with van der Waals surface area (Å²) in [6.45, 7) is 3.16. The summed E-state index contributed by atoms with van der Waals surface area (Å²) < 4.78 is 29.6. The molecule has 76 valence electrons. The Kier molecular flexibility index (Phi) is 4.58. The second-order valence-electron chi connectivity index (χ2n) is 3.43. The van der Waals surface area contributed by atoms with E-state index in [0.29, 0.717) is 0 Å². The van der Waals surface area contributed by atoms with Crippen molar-refractivity contribution in [3.63, 3.8) is 0 Å². The third-order valence-electron chi connectivity index (χ3n) is 2.23. The number of hydrogen-bond donors (Lipinski definition) is 2. The summed E-state index contributed by atoms with van der Waals surface area (Å²) in [5.41, 5.74) is 6.35. The predicted octanol–water partition coefficient (Wildman–Crippen LogP) is -2.41. The topological polar surface area (TPSA) is 80.4 Å². The van der Waals surface area contributed by atoms with Gasteiger partial charge in [0.2, 0.25) is 0 Å². The minimum atomic E-state index is -4.10. The van der Waals surface area contributed by atoms with Gasteiger partial charge >= 0.3 is 29.6 Å². The van der Waals surface area contributed by atoms with Crippen LogP contribution in [-0.2, 0) is 10.1 Å². The van der Waals surface area contributed by atoms with E-state index in [1.807, 2.05) is 0 Å². The van der Waals surface area contributed by atoms with E-state index in [1.165, 1.54) is 19.1 Å². The smallest absolute Gasteiger partial charge is 1.00 e. The van der Waals surface area contributed by atoms with Crippen molar-refractivity contribution in [3.05, 3.63) is 23.8 Å². The average molecular weight is 227 g/mol. The molecule has 0 amide bonds. The molecule has 14 heavy (non-hydrogen) atoms. The maximum atomic E-state index is 11.0. The Hall–Kier alpha value is 0.350. The van der Waals surface area contributed by atoms with Crippen LogP contribution in [0.3, 0.4) is 0 Å². The standard InChI is InChI=1S/C8H13NO3S.Na.H/c1-6-5-8(2,13(10,11)12)4-3-7(6)9;;/h3-5,7H,9H2,1-2H3,(H,10,11,12);;/q;+1;-1. The molecule has 0 fully saturated rings. The summed E-state index contributed by atoms with van der Waals surface area (Å²) in [5.74, 6) is 0. The summed E-state index contributed by atoms with van der Waals surface area (Å²) in [5, 5.41) is 0. The van der Waals surface area contributed by atoms with Gasteiger partial charge in [0, 0.05) is 6.04 Å². The number of hydrogen-bond acceptors (Lipinski definition) is 3. The monoisotopic (exact) mass is 227 g/mol. The van der Waals surface area contributed by atoms with Crippen molar-refractivity contribution < 1.29 is 44.0 Å². The molecule has 0 radical (unpaired) electrons. The summed E-state index contributed by atoms with van der Waals surface area (Å²) in [6, 6.07) is -0.255. The minimum Gasteiger partial charge on any atom is -1.00 e. The molecule has 0 aromatic heterocycles. The Labute approximate surface area is 108 Å². The van der Waals surface area contributed by atoms with Crippen LogP contribution in [-0.4, -0.2) is 23.8 Å². The number of rotatable bonds is 1. The van der Waals surface area contributed by atoms with Crippen molar-refractivity contribution in [2.75, 3.05) is 0 Å². The summed E-state index contributed by atoms with van der Waals surface area (Å²) >= 11 is 0. The second kappa shape index (κ2) is 4.47. The van der Waals surface area contributed by atoms with Crippen LogP contribution in [0.1, 0.15) is 15.3 Å². The van der Waals surface area contributed by atoms with E-state index in [-0.39, 0.29) is 37.0 Å². The Morgan fingerprint density at radius 2 is 2.14 bits per heavy atom. The van der Waals surface area contributed by atoms with E-state index >= 15 is 0 Å². The Morgan fingerprint density at radius 3 is 2.50 bits per heavy atom. The van der Waals surface area contributed by atoms with Crippen molar-refractivity contribution in [1.29, 1.82) is 0 Å². The first kappa shape index (κ1) is 14.3. The van der Waals surface area contributed by atoms with Gasteiger partial charge in [0.05, 0.1) is 0 Å². The van der Waals surface area contributed by atoms with Crippen LogP contribution < -0.4 is 35.3 Å².